The van der Waals surface area contributed by atoms with Crippen molar-refractivity contribution >= 4 is 40.9 Å². The summed E-state index contributed by atoms with van der Waals surface area (Å²) in [5.41, 5.74) is -0.566. The Morgan fingerprint density at radius 3 is 2.74 bits per heavy atom. The average molecular weight is 472 g/mol. The molecule has 31 heavy (non-hydrogen) atoms. The summed E-state index contributed by atoms with van der Waals surface area (Å²) < 4.78 is 5.30. The lowest BCUT2D eigenvalue weighted by molar-refractivity contribution is -0.155. The molecule has 2 rings (SSSR count). The van der Waals surface area contributed by atoms with Crippen molar-refractivity contribution in [2.45, 2.75) is 82.4 Å². The topological polar surface area (TPSA) is 92.7 Å². The summed E-state index contributed by atoms with van der Waals surface area (Å²) in [6, 6.07) is -0.980. The van der Waals surface area contributed by atoms with Crippen molar-refractivity contribution in [1.29, 1.82) is 0 Å². The molecule has 0 saturated carbocycles. The van der Waals surface area contributed by atoms with Gasteiger partial charge in [-0.25, -0.2) is 4.79 Å². The summed E-state index contributed by atoms with van der Waals surface area (Å²) in [7, 11) is 0. The number of nitrogens with one attached hydrogen (secondary N) is 1. The summed E-state index contributed by atoms with van der Waals surface area (Å²) in [5, 5.41) is 11.4. The van der Waals surface area contributed by atoms with Gasteiger partial charge >= 0.3 is 5.97 Å². The van der Waals surface area contributed by atoms with Gasteiger partial charge in [0.25, 0.3) is 0 Å². The lowest BCUT2D eigenvalue weighted by Crippen LogP contribution is -2.52. The zero-order valence-electron chi connectivity index (χ0n) is 18.2. The highest BCUT2D eigenvalue weighted by Gasteiger charge is 2.56. The van der Waals surface area contributed by atoms with Gasteiger partial charge in [-0.1, -0.05) is 68.9 Å². The van der Waals surface area contributed by atoms with E-state index in [1.807, 2.05) is 6.92 Å². The highest BCUT2D eigenvalue weighted by Crippen LogP contribution is 2.40. The van der Waals surface area contributed by atoms with Crippen LogP contribution in [0, 0.1) is 5.92 Å². The Labute approximate surface area is 193 Å². The number of hydrogen-bond acceptors (Lipinski definition) is 5. The maximum atomic E-state index is 12.3. The van der Waals surface area contributed by atoms with Crippen molar-refractivity contribution in [1.82, 2.24) is 5.32 Å². The molecule has 1 aliphatic heterocycles. The molecule has 1 saturated heterocycles. The van der Waals surface area contributed by atoms with Crippen molar-refractivity contribution in [2.75, 3.05) is 0 Å². The number of ketones is 1. The Bertz CT molecular complexity index is 791. The molecule has 6 nitrogen and oxygen atoms in total. The van der Waals surface area contributed by atoms with Gasteiger partial charge in [-0.05, 0) is 25.3 Å². The molecule has 1 spiro atoms. The number of ether oxygens (including phenoxy) is 1. The molecule has 0 bridgehead atoms. The van der Waals surface area contributed by atoms with Crippen molar-refractivity contribution in [3.8, 4) is 0 Å². The number of Topliss-reactive ketones (excluding diaryl/α,β-unsaturated/α-hetero) is 1. The fourth-order valence-electron chi connectivity index (χ4n) is 3.88. The quantitative estimate of drug-likeness (QED) is 0.174. The van der Waals surface area contributed by atoms with E-state index in [4.69, 9.17) is 27.9 Å². The lowest BCUT2D eigenvalue weighted by atomic mass is 9.83. The van der Waals surface area contributed by atoms with Crippen molar-refractivity contribution in [3.05, 3.63) is 34.9 Å². The normalized spacial score (nSPS) is 29.9. The van der Waals surface area contributed by atoms with Crippen LogP contribution in [0.3, 0.4) is 0 Å². The first-order chi connectivity index (χ1) is 14.6. The zero-order chi connectivity index (χ0) is 23.2. The predicted octanol–water partition coefficient (Wildman–Crippen LogP) is 3.94. The van der Waals surface area contributed by atoms with Crippen LogP contribution in [0.5, 0.6) is 0 Å². The molecular weight excluding hydrogens is 441 g/mol. The largest absolute Gasteiger partial charge is 0.450 e. The Hall–Kier alpha value is -1.63. The highest BCUT2D eigenvalue weighted by atomic mass is 35.5. The van der Waals surface area contributed by atoms with Crippen molar-refractivity contribution in [3.63, 3.8) is 0 Å². The van der Waals surface area contributed by atoms with E-state index >= 15 is 0 Å². The molecule has 1 aliphatic carbocycles. The van der Waals surface area contributed by atoms with E-state index in [2.05, 4.69) is 25.2 Å². The van der Waals surface area contributed by atoms with Gasteiger partial charge in [0.15, 0.2) is 11.4 Å². The van der Waals surface area contributed by atoms with Gasteiger partial charge in [0.05, 0.1) is 5.03 Å². The van der Waals surface area contributed by atoms with E-state index in [1.165, 1.54) is 37.8 Å². The number of rotatable bonds is 9. The van der Waals surface area contributed by atoms with Gasteiger partial charge in [0, 0.05) is 12.5 Å². The maximum Gasteiger partial charge on any atom is 0.329 e. The van der Waals surface area contributed by atoms with Crippen LogP contribution in [0.15, 0.2) is 34.9 Å². The predicted molar refractivity (Wildman–Crippen MR) is 121 cm³/mol. The molecule has 0 aromatic carbocycles. The number of hydrogen-bond donors (Lipinski definition) is 2. The molecule has 0 aromatic rings. The lowest BCUT2D eigenvalue weighted by Gasteiger charge is -2.35. The zero-order valence-corrected chi connectivity index (χ0v) is 19.7. The van der Waals surface area contributed by atoms with Crippen LogP contribution in [0.2, 0.25) is 0 Å². The van der Waals surface area contributed by atoms with Gasteiger partial charge in [-0.3, -0.25) is 9.59 Å². The van der Waals surface area contributed by atoms with Crippen LogP contribution < -0.4 is 5.32 Å². The fourth-order valence-corrected chi connectivity index (χ4v) is 4.57. The number of esters is 1. The number of aliphatic hydroxyl groups excluding tert-OH is 1. The number of unbranched alkanes of at least 4 members (excludes halogenated alkanes) is 3. The first kappa shape index (κ1) is 25.6. The third kappa shape index (κ3) is 6.67. The first-order valence-electron chi connectivity index (χ1n) is 10.7. The molecular formula is C23H31Cl2NO5. The summed E-state index contributed by atoms with van der Waals surface area (Å²) in [6.45, 7) is 6.27. The summed E-state index contributed by atoms with van der Waals surface area (Å²) >= 11 is 11.8. The van der Waals surface area contributed by atoms with E-state index in [-0.39, 0.29) is 11.5 Å². The van der Waals surface area contributed by atoms with Crippen molar-refractivity contribution in [2.24, 2.45) is 5.92 Å². The van der Waals surface area contributed by atoms with E-state index < -0.39 is 40.8 Å². The highest BCUT2D eigenvalue weighted by molar-refractivity contribution is 6.49. The number of alkyl halides is 1. The molecule has 1 fully saturated rings. The Kier molecular flexibility index (Phi) is 9.34. The Morgan fingerprint density at radius 2 is 2.06 bits per heavy atom. The van der Waals surface area contributed by atoms with Gasteiger partial charge in [-0.15, -0.1) is 11.6 Å². The van der Waals surface area contributed by atoms with E-state index in [0.29, 0.717) is 5.92 Å². The SMILES string of the molecule is CCCCCC[C@@H](C)/C=C(C)/C=C/C(=O)N[C@H]1C[C@@]2(C=C(Cl)C(=O)[C@H](Cl)[C@H]2O)OC1=O. The number of aliphatic hydroxyl groups is 1. The molecule has 8 heteroatoms. The molecule has 1 heterocycles. The van der Waals surface area contributed by atoms with Crippen LogP contribution in [-0.4, -0.2) is 45.9 Å². The maximum absolute atomic E-state index is 12.3. The molecule has 5 atom stereocenters. The molecule has 172 valence electrons. The van der Waals surface area contributed by atoms with Gasteiger partial charge in [-0.2, -0.15) is 0 Å². The monoisotopic (exact) mass is 471 g/mol. The van der Waals surface area contributed by atoms with E-state index in [9.17, 15) is 19.5 Å². The van der Waals surface area contributed by atoms with Crippen LogP contribution in [-0.2, 0) is 19.1 Å². The summed E-state index contributed by atoms with van der Waals surface area (Å²) in [4.78, 5) is 36.4. The second-order valence-corrected chi connectivity index (χ2v) is 9.29. The van der Waals surface area contributed by atoms with Crippen molar-refractivity contribution < 1.29 is 24.2 Å². The molecule has 0 unspecified atom stereocenters. The molecule has 0 radical (unpaired) electrons. The number of halogens is 2. The van der Waals surface area contributed by atoms with Gasteiger partial charge in [0.1, 0.15) is 17.5 Å². The number of carbonyl (C=O) groups excluding carboxylic acids is 3. The number of allylic oxidation sites excluding steroid dienone is 4. The number of amides is 1. The first-order valence-corrected chi connectivity index (χ1v) is 11.6. The minimum absolute atomic E-state index is 0.0666. The van der Waals surface area contributed by atoms with Gasteiger partial charge < -0.3 is 15.2 Å². The smallest absolute Gasteiger partial charge is 0.329 e. The molecule has 1 amide bonds. The van der Waals surface area contributed by atoms with Crippen LogP contribution in [0.4, 0.5) is 0 Å². The van der Waals surface area contributed by atoms with Gasteiger partial charge in [0.2, 0.25) is 5.91 Å². The molecule has 2 aliphatic rings. The second-order valence-electron chi connectivity index (χ2n) is 8.42. The minimum Gasteiger partial charge on any atom is -0.450 e. The Morgan fingerprint density at radius 1 is 1.35 bits per heavy atom. The van der Waals surface area contributed by atoms with E-state index in [0.717, 1.165) is 12.0 Å². The Balaban J connectivity index is 1.93. The summed E-state index contributed by atoms with van der Waals surface area (Å²) in [6.07, 6.45) is 10.9. The molecule has 0 aromatic heterocycles. The second kappa shape index (κ2) is 11.3. The van der Waals surface area contributed by atoms with E-state index in [1.54, 1.807) is 6.08 Å². The minimum atomic E-state index is -1.53. The van der Waals surface area contributed by atoms with Crippen LogP contribution in [0.1, 0.15) is 59.3 Å². The standard InChI is InChI=1S/C23H31Cl2NO5/c1-4-5-6-7-8-14(2)11-15(3)9-10-18(27)26-17-13-23(31-22(17)30)12-16(24)20(28)19(25)21(23)29/h9-12,14,17,19,21,29H,4-8,13H2,1-3H3,(H,26,27)/b10-9+,15-11+/t14-,17+,19+,21-,23-/m1/s1. The van der Waals surface area contributed by atoms with Crippen LogP contribution in [0.25, 0.3) is 0 Å². The van der Waals surface area contributed by atoms with Crippen LogP contribution >= 0.6 is 23.2 Å². The number of carbonyl (C=O) groups is 3. The third-order valence-electron chi connectivity index (χ3n) is 5.61. The molecule has 2 N–H and O–H groups in total. The average Bonchev–Trinajstić information content (AvgIpc) is 3.02. The fraction of sp³-hybridized carbons (Fsp3) is 0.609. The summed E-state index contributed by atoms with van der Waals surface area (Å²) in [5.74, 6) is -1.38. The third-order valence-corrected chi connectivity index (χ3v) is 6.34.